The number of benzene rings is 1. The Morgan fingerprint density at radius 2 is 1.91 bits per heavy atom. The maximum Gasteiger partial charge on any atom is 0.227 e. The van der Waals surface area contributed by atoms with Crippen LogP contribution in [0.3, 0.4) is 0 Å². The predicted molar refractivity (Wildman–Crippen MR) is 125 cm³/mol. The summed E-state index contributed by atoms with van der Waals surface area (Å²) in [7, 11) is -1.11. The smallest absolute Gasteiger partial charge is 0.227 e. The van der Waals surface area contributed by atoms with E-state index in [-0.39, 0.29) is 18.6 Å². The van der Waals surface area contributed by atoms with E-state index in [9.17, 15) is 9.32 Å². The molecule has 5 rings (SSSR count). The van der Waals surface area contributed by atoms with E-state index in [0.29, 0.717) is 28.8 Å². The summed E-state index contributed by atoms with van der Waals surface area (Å²) >= 11 is 0. The minimum absolute atomic E-state index is 0.0112. The first-order valence-corrected chi connectivity index (χ1v) is 12.4. The van der Waals surface area contributed by atoms with Crippen molar-refractivity contribution in [3.05, 3.63) is 30.0 Å². The van der Waals surface area contributed by atoms with Gasteiger partial charge in [-0.3, -0.25) is 4.21 Å². The van der Waals surface area contributed by atoms with Gasteiger partial charge in [-0.05, 0) is 18.1 Å². The first-order chi connectivity index (χ1) is 15.5. The standard InChI is InChI=1S/C22H28N6O3S/c1-14(2)17(13-29)23-20-19-16(7-12-32(19)30)24-22(25-20)28-10-8-27(9-11-28)21-15-5-3-4-6-18(15)31-26-21/h3-6,14,17,29H,7-13H2,1-2H3,(H,23,24,25)/t17-,32?/m0/s1. The summed E-state index contributed by atoms with van der Waals surface area (Å²) in [5, 5.41) is 18.4. The van der Waals surface area contributed by atoms with Crippen LogP contribution in [-0.2, 0) is 17.2 Å². The Balaban J connectivity index is 1.37. The highest BCUT2D eigenvalue weighted by molar-refractivity contribution is 7.85. The van der Waals surface area contributed by atoms with Crippen LogP contribution in [0, 0.1) is 5.92 Å². The molecule has 2 atom stereocenters. The quantitative estimate of drug-likeness (QED) is 0.576. The van der Waals surface area contributed by atoms with Crippen molar-refractivity contribution >= 4 is 39.4 Å². The van der Waals surface area contributed by atoms with Gasteiger partial charge in [0.05, 0.1) is 34.5 Å². The average molecular weight is 457 g/mol. The molecule has 1 fully saturated rings. The van der Waals surface area contributed by atoms with Gasteiger partial charge in [0, 0.05) is 38.4 Å². The predicted octanol–water partition coefficient (Wildman–Crippen LogP) is 2.04. The second-order valence-electron chi connectivity index (χ2n) is 8.60. The summed E-state index contributed by atoms with van der Waals surface area (Å²) < 4.78 is 18.1. The van der Waals surface area contributed by atoms with Crippen molar-refractivity contribution in [3.63, 3.8) is 0 Å². The molecule has 2 N–H and O–H groups in total. The fraction of sp³-hybridized carbons (Fsp3) is 0.500. The first-order valence-electron chi connectivity index (χ1n) is 11.1. The molecule has 2 aliphatic heterocycles. The maximum atomic E-state index is 12.6. The fourth-order valence-electron chi connectivity index (χ4n) is 4.24. The largest absolute Gasteiger partial charge is 0.394 e. The molecule has 2 aromatic heterocycles. The summed E-state index contributed by atoms with van der Waals surface area (Å²) in [6.07, 6.45) is 0.683. The van der Waals surface area contributed by atoms with Crippen molar-refractivity contribution in [2.75, 3.05) is 53.7 Å². The van der Waals surface area contributed by atoms with E-state index in [4.69, 9.17) is 14.5 Å². The van der Waals surface area contributed by atoms with Gasteiger partial charge < -0.3 is 24.7 Å². The summed E-state index contributed by atoms with van der Waals surface area (Å²) in [5.74, 6) is 2.90. The lowest BCUT2D eigenvalue weighted by Gasteiger charge is -2.35. The minimum atomic E-state index is -1.11. The van der Waals surface area contributed by atoms with Crippen molar-refractivity contribution in [2.45, 2.75) is 31.2 Å². The van der Waals surface area contributed by atoms with E-state index < -0.39 is 10.8 Å². The van der Waals surface area contributed by atoms with Gasteiger partial charge in [0.15, 0.2) is 11.4 Å². The molecule has 1 unspecified atom stereocenters. The number of rotatable bonds is 6. The molecule has 4 heterocycles. The lowest BCUT2D eigenvalue weighted by molar-refractivity contribution is 0.249. The Kier molecular flexibility index (Phi) is 5.73. The number of piperazine rings is 1. The first kappa shape index (κ1) is 21.1. The molecule has 2 aliphatic rings. The van der Waals surface area contributed by atoms with Gasteiger partial charge in [0.25, 0.3) is 0 Å². The Hall–Kier alpha value is -2.72. The monoisotopic (exact) mass is 456 g/mol. The van der Waals surface area contributed by atoms with Gasteiger partial charge in [-0.2, -0.15) is 4.98 Å². The van der Waals surface area contributed by atoms with E-state index >= 15 is 0 Å². The summed E-state index contributed by atoms with van der Waals surface area (Å²) in [5.41, 5.74) is 1.64. The van der Waals surface area contributed by atoms with Crippen LogP contribution in [0.15, 0.2) is 33.7 Å². The normalized spacial score (nSPS) is 19.6. The van der Waals surface area contributed by atoms with Crippen LogP contribution in [0.5, 0.6) is 0 Å². The van der Waals surface area contributed by atoms with Crippen LogP contribution in [0.1, 0.15) is 19.5 Å². The molecule has 1 saturated heterocycles. The zero-order valence-corrected chi connectivity index (χ0v) is 19.1. The molecule has 1 aromatic carbocycles. The van der Waals surface area contributed by atoms with Crippen molar-refractivity contribution in [2.24, 2.45) is 5.92 Å². The van der Waals surface area contributed by atoms with Crippen LogP contribution in [0.4, 0.5) is 17.6 Å². The lowest BCUT2D eigenvalue weighted by Crippen LogP contribution is -2.47. The number of hydrogen-bond donors (Lipinski definition) is 2. The van der Waals surface area contributed by atoms with Gasteiger partial charge in [-0.15, -0.1) is 0 Å². The van der Waals surface area contributed by atoms with Crippen LogP contribution in [0.2, 0.25) is 0 Å². The molecule has 0 amide bonds. The Labute approximate surface area is 189 Å². The number of nitrogens with zero attached hydrogens (tertiary/aromatic N) is 5. The van der Waals surface area contributed by atoms with Gasteiger partial charge in [-0.25, -0.2) is 4.98 Å². The number of anilines is 3. The van der Waals surface area contributed by atoms with Crippen molar-refractivity contribution in [1.82, 2.24) is 15.1 Å². The number of aliphatic hydroxyl groups is 1. The molecular formula is C22H28N6O3S. The van der Waals surface area contributed by atoms with Gasteiger partial charge in [0.1, 0.15) is 10.7 Å². The molecule has 0 saturated carbocycles. The molecule has 0 radical (unpaired) electrons. The lowest BCUT2D eigenvalue weighted by atomic mass is 10.1. The SMILES string of the molecule is CC(C)[C@H](CO)Nc1nc(N2CCN(c3noc4ccccc34)CC2)nc2c1S(=O)CC2. The average Bonchev–Trinajstić information content (AvgIpc) is 3.41. The Bertz CT molecular complexity index is 1140. The molecule has 0 bridgehead atoms. The zero-order valence-electron chi connectivity index (χ0n) is 18.3. The van der Waals surface area contributed by atoms with Crippen LogP contribution < -0.4 is 15.1 Å². The Morgan fingerprint density at radius 1 is 1.16 bits per heavy atom. The number of fused-ring (bicyclic) bond motifs is 2. The van der Waals surface area contributed by atoms with Gasteiger partial charge in [0.2, 0.25) is 5.95 Å². The van der Waals surface area contributed by atoms with E-state index in [1.165, 1.54) is 0 Å². The van der Waals surface area contributed by atoms with Gasteiger partial charge >= 0.3 is 0 Å². The summed E-state index contributed by atoms with van der Waals surface area (Å²) in [4.78, 5) is 14.6. The number of hydrogen-bond acceptors (Lipinski definition) is 9. The Morgan fingerprint density at radius 3 is 2.66 bits per heavy atom. The van der Waals surface area contributed by atoms with Crippen molar-refractivity contribution in [3.8, 4) is 0 Å². The number of aliphatic hydroxyl groups excluding tert-OH is 1. The highest BCUT2D eigenvalue weighted by Gasteiger charge is 2.30. The molecular weight excluding hydrogens is 428 g/mol. The number of aryl methyl sites for hydroxylation is 1. The zero-order chi connectivity index (χ0) is 22.2. The van der Waals surface area contributed by atoms with E-state index in [2.05, 4.69) is 20.3 Å². The summed E-state index contributed by atoms with van der Waals surface area (Å²) in [6, 6.07) is 7.74. The van der Waals surface area contributed by atoms with Crippen LogP contribution in [0.25, 0.3) is 11.0 Å². The molecule has 0 spiro atoms. The van der Waals surface area contributed by atoms with Gasteiger partial charge in [-0.1, -0.05) is 31.1 Å². The fourth-order valence-corrected chi connectivity index (χ4v) is 5.55. The highest BCUT2D eigenvalue weighted by atomic mass is 32.2. The third-order valence-corrected chi connectivity index (χ3v) is 7.68. The topological polar surface area (TPSA) is 108 Å². The molecule has 9 nitrogen and oxygen atoms in total. The second-order valence-corrected chi connectivity index (χ2v) is 10.1. The van der Waals surface area contributed by atoms with Crippen LogP contribution in [-0.4, -0.2) is 69.0 Å². The second kappa shape index (κ2) is 8.67. The number of para-hydroxylation sites is 1. The molecule has 3 aromatic rings. The highest BCUT2D eigenvalue weighted by Crippen LogP contribution is 2.32. The van der Waals surface area contributed by atoms with Crippen molar-refractivity contribution < 1.29 is 13.8 Å². The van der Waals surface area contributed by atoms with Crippen LogP contribution >= 0.6 is 0 Å². The third kappa shape index (κ3) is 3.81. The summed E-state index contributed by atoms with van der Waals surface area (Å²) in [6.45, 7) is 7.11. The molecule has 170 valence electrons. The van der Waals surface area contributed by atoms with E-state index in [1.807, 2.05) is 38.1 Å². The van der Waals surface area contributed by atoms with E-state index in [1.54, 1.807) is 0 Å². The molecule has 0 aliphatic carbocycles. The minimum Gasteiger partial charge on any atom is -0.394 e. The van der Waals surface area contributed by atoms with E-state index in [0.717, 1.165) is 48.7 Å². The molecule has 32 heavy (non-hydrogen) atoms. The number of nitrogens with one attached hydrogen (secondary N) is 1. The third-order valence-electron chi connectivity index (χ3n) is 6.22. The number of aromatic nitrogens is 3. The molecule has 10 heteroatoms. The maximum absolute atomic E-state index is 12.6. The van der Waals surface area contributed by atoms with Crippen molar-refractivity contribution in [1.29, 1.82) is 0 Å².